The largest absolute Gasteiger partial charge is 0.392 e. The highest BCUT2D eigenvalue weighted by Crippen LogP contribution is 2.40. The molecule has 0 fully saturated rings. The smallest absolute Gasteiger partial charge is 0.150 e. The van der Waals surface area contributed by atoms with Gasteiger partial charge in [0.1, 0.15) is 6.29 Å². The van der Waals surface area contributed by atoms with E-state index in [2.05, 4.69) is 263 Å². The summed E-state index contributed by atoms with van der Waals surface area (Å²) >= 11 is 7.36. The van der Waals surface area contributed by atoms with Crippen LogP contribution in [0, 0.1) is 0 Å². The van der Waals surface area contributed by atoms with Crippen molar-refractivity contribution in [3.05, 3.63) is 187 Å². The molecule has 0 aliphatic rings. The molecule has 0 aromatic heterocycles. The minimum absolute atomic E-state index is 0.0589. The van der Waals surface area contributed by atoms with Crippen LogP contribution in [0.15, 0.2) is 129 Å². The van der Waals surface area contributed by atoms with Crippen molar-refractivity contribution in [1.29, 1.82) is 0 Å². The van der Waals surface area contributed by atoms with Gasteiger partial charge in [-0.3, -0.25) is 4.79 Å². The van der Waals surface area contributed by atoms with Crippen LogP contribution in [0.25, 0.3) is 0 Å². The Morgan fingerprint density at radius 2 is 0.463 bits per heavy atom. The maximum atomic E-state index is 11.9. The van der Waals surface area contributed by atoms with E-state index in [-0.39, 0.29) is 49.9 Å². The second-order valence-electron chi connectivity index (χ2n) is 30.7. The number of carbonyl (C=O) groups is 1. The summed E-state index contributed by atoms with van der Waals surface area (Å²) in [6.07, 6.45) is 0.976. The average molecular weight is 1150 g/mol. The highest BCUT2D eigenvalue weighted by atomic mass is 32.2. The molecule has 2 nitrogen and oxygen atoms in total. The summed E-state index contributed by atoms with van der Waals surface area (Å²) in [6.45, 7) is 55.0. The van der Waals surface area contributed by atoms with Gasteiger partial charge in [0.25, 0.3) is 0 Å². The second-order valence-corrected chi connectivity index (χ2v) is 34.9. The molecule has 0 unspecified atom stereocenters. The highest BCUT2D eigenvalue weighted by Gasteiger charge is 2.25. The maximum Gasteiger partial charge on any atom is 0.150 e. The van der Waals surface area contributed by atoms with Crippen LogP contribution >= 0.6 is 47.0 Å². The van der Waals surface area contributed by atoms with Gasteiger partial charge in [-0.05, 0) is 152 Å². The number of thioether (sulfide) groups is 4. The lowest BCUT2D eigenvalue weighted by atomic mass is 9.80. The molecular formula is C74H102O2S4. The van der Waals surface area contributed by atoms with Gasteiger partial charge < -0.3 is 5.11 Å². The summed E-state index contributed by atoms with van der Waals surface area (Å²) in [5.74, 6) is 3.58. The number of aliphatic hydroxyl groups excluding tert-OH is 1. The SMILES string of the molecule is CC(C)(C)c1cc(CSc2cc(C=O)cc(SCc3cc(C(C)(C)C)cc(C(C)(C)C)c3)c2)cc(C(C)(C)C)c1.CC(C)(C)c1cc(CSc2cc(CO)cc(SCc3cc(C(C)(C)C)cc(C(C)(C)C)c3)c2)cc(C(C)(C)C)c1. The van der Waals surface area contributed by atoms with Crippen LogP contribution in [0.5, 0.6) is 0 Å². The van der Waals surface area contributed by atoms with Crippen molar-refractivity contribution in [2.75, 3.05) is 0 Å². The highest BCUT2D eigenvalue weighted by molar-refractivity contribution is 7.99. The molecule has 0 saturated heterocycles. The zero-order valence-corrected chi connectivity index (χ0v) is 57.3. The summed E-state index contributed by atoms with van der Waals surface area (Å²) < 4.78 is 0. The Kier molecular flexibility index (Phi) is 21.9. The van der Waals surface area contributed by atoms with Crippen molar-refractivity contribution in [3.8, 4) is 0 Å². The van der Waals surface area contributed by atoms with Crippen LogP contribution in [0.2, 0.25) is 0 Å². The number of carbonyl (C=O) groups excluding carboxylic acids is 1. The van der Waals surface area contributed by atoms with Crippen LogP contribution in [-0.2, 0) is 72.9 Å². The molecule has 434 valence electrons. The molecule has 0 atom stereocenters. The van der Waals surface area contributed by atoms with E-state index >= 15 is 0 Å². The monoisotopic (exact) mass is 1150 g/mol. The van der Waals surface area contributed by atoms with E-state index in [1.165, 1.54) is 76.6 Å². The molecule has 0 aliphatic carbocycles. The number of hydrogen-bond donors (Lipinski definition) is 1. The van der Waals surface area contributed by atoms with E-state index in [4.69, 9.17) is 0 Å². The Hall–Kier alpha value is -3.65. The lowest BCUT2D eigenvalue weighted by Crippen LogP contribution is -2.17. The van der Waals surface area contributed by atoms with Gasteiger partial charge in [0, 0.05) is 48.2 Å². The average Bonchev–Trinajstić information content (AvgIpc) is 3.33. The molecule has 6 aromatic carbocycles. The maximum absolute atomic E-state index is 11.9. The quantitative estimate of drug-likeness (QED) is 0.0865. The van der Waals surface area contributed by atoms with Crippen molar-refractivity contribution in [2.24, 2.45) is 0 Å². The zero-order chi connectivity index (χ0) is 60.2. The van der Waals surface area contributed by atoms with Crippen molar-refractivity contribution in [3.63, 3.8) is 0 Å². The Labute approximate surface area is 505 Å². The predicted molar refractivity (Wildman–Crippen MR) is 358 cm³/mol. The van der Waals surface area contributed by atoms with E-state index in [1.807, 2.05) is 59.2 Å². The molecular weight excluding hydrogens is 1050 g/mol. The van der Waals surface area contributed by atoms with Crippen LogP contribution in [0.3, 0.4) is 0 Å². The molecule has 6 heteroatoms. The van der Waals surface area contributed by atoms with E-state index in [9.17, 15) is 9.90 Å². The Morgan fingerprint density at radius 1 is 0.275 bits per heavy atom. The number of rotatable bonds is 14. The molecule has 6 rings (SSSR count). The number of hydrogen-bond acceptors (Lipinski definition) is 6. The van der Waals surface area contributed by atoms with Gasteiger partial charge in [-0.15, -0.1) is 47.0 Å². The summed E-state index contributed by atoms with van der Waals surface area (Å²) in [7, 11) is 0. The first kappa shape index (κ1) is 67.1. The molecule has 0 bridgehead atoms. The van der Waals surface area contributed by atoms with Gasteiger partial charge >= 0.3 is 0 Å². The lowest BCUT2D eigenvalue weighted by molar-refractivity contribution is 0.112. The second kappa shape index (κ2) is 26.1. The third kappa shape index (κ3) is 20.3. The normalized spacial score (nSPS) is 13.1. The Morgan fingerprint density at radius 3 is 0.625 bits per heavy atom. The molecule has 0 radical (unpaired) electrons. The van der Waals surface area contributed by atoms with Crippen LogP contribution in [-0.4, -0.2) is 11.4 Å². The first-order chi connectivity index (χ1) is 36.5. The molecule has 0 heterocycles. The lowest BCUT2D eigenvalue weighted by Gasteiger charge is -2.26. The van der Waals surface area contributed by atoms with E-state index in [0.29, 0.717) is 0 Å². The zero-order valence-electron chi connectivity index (χ0n) is 54.0. The molecule has 0 aliphatic heterocycles. The number of benzene rings is 6. The van der Waals surface area contributed by atoms with Gasteiger partial charge in [-0.1, -0.05) is 239 Å². The van der Waals surface area contributed by atoms with Crippen molar-refractivity contribution < 1.29 is 9.90 Å². The summed E-state index contributed by atoms with van der Waals surface area (Å²) in [6, 6.07) is 41.3. The molecule has 0 amide bonds. The third-order valence-electron chi connectivity index (χ3n) is 14.7. The Bertz CT molecular complexity index is 2740. The van der Waals surface area contributed by atoms with Crippen molar-refractivity contribution >= 4 is 53.3 Å². The topological polar surface area (TPSA) is 37.3 Å². The number of aliphatic hydroxyl groups is 1. The minimum atomic E-state index is 0.0589. The minimum Gasteiger partial charge on any atom is -0.392 e. The third-order valence-corrected chi connectivity index (χ3v) is 18.9. The fourth-order valence-corrected chi connectivity index (χ4v) is 12.8. The summed E-state index contributed by atoms with van der Waals surface area (Å²) in [4.78, 5) is 16.6. The van der Waals surface area contributed by atoms with Gasteiger partial charge in [-0.25, -0.2) is 0 Å². The summed E-state index contributed by atoms with van der Waals surface area (Å²) in [5, 5.41) is 10.0. The van der Waals surface area contributed by atoms with E-state index in [0.717, 1.165) is 50.2 Å². The fourth-order valence-electron chi connectivity index (χ4n) is 8.95. The van der Waals surface area contributed by atoms with Gasteiger partial charge in [0.05, 0.1) is 6.61 Å². The van der Waals surface area contributed by atoms with Crippen molar-refractivity contribution in [2.45, 2.75) is 259 Å². The first-order valence-corrected chi connectivity index (χ1v) is 32.9. The van der Waals surface area contributed by atoms with E-state index < -0.39 is 0 Å². The van der Waals surface area contributed by atoms with Crippen LogP contribution in [0.4, 0.5) is 0 Å². The molecule has 0 spiro atoms. The van der Waals surface area contributed by atoms with Crippen LogP contribution < -0.4 is 0 Å². The first-order valence-electron chi connectivity index (χ1n) is 29.0. The van der Waals surface area contributed by atoms with Gasteiger partial charge in [-0.2, -0.15) is 0 Å². The molecule has 6 aromatic rings. The Balaban J connectivity index is 0.000000294. The molecule has 80 heavy (non-hydrogen) atoms. The fraction of sp³-hybridized carbons (Fsp3) is 0.500. The van der Waals surface area contributed by atoms with Crippen molar-refractivity contribution in [1.82, 2.24) is 0 Å². The van der Waals surface area contributed by atoms with Crippen LogP contribution in [0.1, 0.15) is 249 Å². The summed E-state index contributed by atoms with van der Waals surface area (Å²) in [5.41, 5.74) is 19.0. The standard InChI is InChI=1S/C37H52OS2.C37H50OS2/c2*1-34(2,3)28-13-26(14-29(19-28)35(4,5)6)23-39-32-17-25(22-38)18-33(21-32)40-24-27-15-30(36(7,8)9)20-31(16-27)37(10,11)12/h13-21,38H,22-24H2,1-12H3;13-22H,23-24H2,1-12H3. The van der Waals surface area contributed by atoms with Gasteiger partial charge in [0.15, 0.2) is 0 Å². The number of aldehydes is 1. The predicted octanol–water partition coefficient (Wildman–Crippen LogP) is 22.2. The molecule has 0 saturated carbocycles. The molecule has 1 N–H and O–H groups in total. The van der Waals surface area contributed by atoms with Gasteiger partial charge in [0.2, 0.25) is 0 Å². The van der Waals surface area contributed by atoms with E-state index in [1.54, 1.807) is 0 Å².